The van der Waals surface area contributed by atoms with Gasteiger partial charge in [0.1, 0.15) is 17.3 Å². The van der Waals surface area contributed by atoms with Crippen molar-refractivity contribution in [3.63, 3.8) is 0 Å². The van der Waals surface area contributed by atoms with Gasteiger partial charge in [0.25, 0.3) is 0 Å². The molecule has 4 aliphatic rings. The minimum absolute atomic E-state index is 0.925. The van der Waals surface area contributed by atoms with Gasteiger partial charge in [-0.1, -0.05) is 0 Å². The predicted molar refractivity (Wildman–Crippen MR) is 46.3 cm³/mol. The smallest absolute Gasteiger partial charge is 0.0386 e. The normalized spacial score (nSPS) is 57.6. The molecule has 3 aliphatic heterocycles. The van der Waals surface area contributed by atoms with Crippen molar-refractivity contribution in [1.29, 1.82) is 0 Å². The van der Waals surface area contributed by atoms with Crippen LogP contribution in [0.25, 0.3) is 0 Å². The standard InChI is InChI=1S/C9H15S/c1-7-2-9-3-8(1)5-10(4-7)6-9/h7-9H,1-6H2/q+1. The van der Waals surface area contributed by atoms with E-state index in [9.17, 15) is 0 Å². The highest BCUT2D eigenvalue weighted by atomic mass is 32.2. The first-order chi connectivity index (χ1) is 4.90. The number of rotatable bonds is 0. The van der Waals surface area contributed by atoms with Gasteiger partial charge in [0.05, 0.1) is 0 Å². The van der Waals surface area contributed by atoms with Crippen LogP contribution in [0.2, 0.25) is 0 Å². The SMILES string of the molecule is C1C2CC3CC1C[S+](C2)C3. The van der Waals surface area contributed by atoms with Crippen LogP contribution in [0.1, 0.15) is 19.3 Å². The predicted octanol–water partition coefficient (Wildman–Crippen LogP) is 1.66. The molecule has 1 saturated carbocycles. The zero-order valence-corrected chi connectivity index (χ0v) is 7.20. The quantitative estimate of drug-likeness (QED) is 0.467. The summed E-state index contributed by atoms with van der Waals surface area (Å²) in [6.45, 7) is 0. The average molecular weight is 155 g/mol. The maximum atomic E-state index is 1.63. The van der Waals surface area contributed by atoms with E-state index in [0.717, 1.165) is 10.9 Å². The summed E-state index contributed by atoms with van der Waals surface area (Å²) in [6.07, 6.45) is 4.83. The lowest BCUT2D eigenvalue weighted by Gasteiger charge is -2.43. The highest BCUT2D eigenvalue weighted by Gasteiger charge is 2.48. The topological polar surface area (TPSA) is 0 Å². The van der Waals surface area contributed by atoms with Crippen LogP contribution in [-0.2, 0) is 10.9 Å². The molecule has 1 heteroatoms. The van der Waals surface area contributed by atoms with Crippen molar-refractivity contribution in [2.24, 2.45) is 17.8 Å². The zero-order chi connectivity index (χ0) is 6.55. The first kappa shape index (κ1) is 5.93. The van der Waals surface area contributed by atoms with Gasteiger partial charge in [-0.05, 0) is 30.2 Å². The van der Waals surface area contributed by atoms with Crippen LogP contribution in [0.4, 0.5) is 0 Å². The van der Waals surface area contributed by atoms with E-state index in [4.69, 9.17) is 0 Å². The van der Waals surface area contributed by atoms with Gasteiger partial charge >= 0.3 is 0 Å². The van der Waals surface area contributed by atoms with Crippen molar-refractivity contribution in [1.82, 2.24) is 0 Å². The third-order valence-corrected chi connectivity index (χ3v) is 6.24. The molecule has 4 fully saturated rings. The highest BCUT2D eigenvalue weighted by Crippen LogP contribution is 2.45. The van der Waals surface area contributed by atoms with Crippen LogP contribution in [0.5, 0.6) is 0 Å². The van der Waals surface area contributed by atoms with Gasteiger partial charge in [-0.25, -0.2) is 0 Å². The Morgan fingerprint density at radius 2 is 1.10 bits per heavy atom. The van der Waals surface area contributed by atoms with E-state index in [1.807, 2.05) is 0 Å². The van der Waals surface area contributed by atoms with Gasteiger partial charge in [-0.2, -0.15) is 0 Å². The summed E-state index contributed by atoms with van der Waals surface area (Å²) in [7, 11) is 0.925. The molecule has 56 valence electrons. The highest BCUT2D eigenvalue weighted by molar-refractivity contribution is 7.97. The molecule has 0 spiro atoms. The maximum Gasteiger partial charge on any atom is 0.111 e. The fourth-order valence-electron chi connectivity index (χ4n) is 3.32. The third-order valence-electron chi connectivity index (χ3n) is 3.41. The van der Waals surface area contributed by atoms with Crippen LogP contribution in [0, 0.1) is 17.8 Å². The van der Waals surface area contributed by atoms with E-state index in [-0.39, 0.29) is 0 Å². The largest absolute Gasteiger partial charge is 0.111 e. The van der Waals surface area contributed by atoms with Crippen molar-refractivity contribution in [3.8, 4) is 0 Å². The minimum Gasteiger partial charge on any atom is -0.0386 e. The van der Waals surface area contributed by atoms with Crippen LogP contribution in [0.3, 0.4) is 0 Å². The molecule has 0 radical (unpaired) electrons. The van der Waals surface area contributed by atoms with E-state index in [1.54, 1.807) is 36.5 Å². The average Bonchev–Trinajstić information content (AvgIpc) is 1.82. The van der Waals surface area contributed by atoms with Gasteiger partial charge < -0.3 is 0 Å². The molecule has 0 aromatic carbocycles. The van der Waals surface area contributed by atoms with E-state index in [1.165, 1.54) is 17.8 Å². The second kappa shape index (κ2) is 1.94. The Hall–Kier alpha value is 0.350. The summed E-state index contributed by atoms with van der Waals surface area (Å²) in [5, 5.41) is 0. The molecule has 0 unspecified atom stereocenters. The van der Waals surface area contributed by atoms with Crippen LogP contribution in [0.15, 0.2) is 0 Å². The van der Waals surface area contributed by atoms with E-state index < -0.39 is 0 Å². The fourth-order valence-corrected chi connectivity index (χ4v) is 6.54. The summed E-state index contributed by atoms with van der Waals surface area (Å²) in [5.74, 6) is 8.46. The summed E-state index contributed by atoms with van der Waals surface area (Å²) in [6, 6.07) is 0. The summed E-state index contributed by atoms with van der Waals surface area (Å²) in [5.41, 5.74) is 0. The Labute approximate surface area is 65.7 Å². The minimum atomic E-state index is 0.925. The fraction of sp³-hybridized carbons (Fsp3) is 1.00. The number of hydrogen-bond acceptors (Lipinski definition) is 0. The third kappa shape index (κ3) is 0.761. The molecule has 0 amide bonds. The van der Waals surface area contributed by atoms with Gasteiger partial charge in [0.15, 0.2) is 0 Å². The first-order valence-electron chi connectivity index (χ1n) is 4.54. The molecule has 1 aliphatic carbocycles. The zero-order valence-electron chi connectivity index (χ0n) is 6.38. The number of hydrogen-bond donors (Lipinski definition) is 0. The van der Waals surface area contributed by atoms with Gasteiger partial charge in [0.2, 0.25) is 0 Å². The molecule has 0 atom stereocenters. The van der Waals surface area contributed by atoms with E-state index >= 15 is 0 Å². The second-order valence-corrected chi connectivity index (χ2v) is 6.64. The van der Waals surface area contributed by atoms with Crippen molar-refractivity contribution in [2.75, 3.05) is 17.3 Å². The molecule has 0 nitrogen and oxygen atoms in total. The monoisotopic (exact) mass is 155 g/mol. The Morgan fingerprint density at radius 3 is 1.40 bits per heavy atom. The first-order valence-corrected chi connectivity index (χ1v) is 6.27. The van der Waals surface area contributed by atoms with E-state index in [0.29, 0.717) is 0 Å². The van der Waals surface area contributed by atoms with Crippen molar-refractivity contribution >= 4 is 10.9 Å². The molecular formula is C9H15S+. The Bertz CT molecular complexity index is 96.3. The molecule has 0 aromatic rings. The van der Waals surface area contributed by atoms with Crippen molar-refractivity contribution in [2.45, 2.75) is 19.3 Å². The van der Waals surface area contributed by atoms with Crippen LogP contribution < -0.4 is 0 Å². The van der Waals surface area contributed by atoms with Crippen molar-refractivity contribution < 1.29 is 0 Å². The lowest BCUT2D eigenvalue weighted by atomic mass is 9.76. The van der Waals surface area contributed by atoms with Crippen LogP contribution >= 0.6 is 0 Å². The molecule has 4 rings (SSSR count). The van der Waals surface area contributed by atoms with Gasteiger partial charge in [0, 0.05) is 17.8 Å². The molecule has 0 aromatic heterocycles. The molecule has 3 saturated heterocycles. The molecule has 3 heterocycles. The van der Waals surface area contributed by atoms with Gasteiger partial charge in [-0.15, -0.1) is 0 Å². The Kier molecular flexibility index (Phi) is 1.15. The molecule has 10 heavy (non-hydrogen) atoms. The van der Waals surface area contributed by atoms with Gasteiger partial charge in [-0.3, -0.25) is 0 Å². The summed E-state index contributed by atoms with van der Waals surface area (Å²) >= 11 is 0. The lowest BCUT2D eigenvalue weighted by Crippen LogP contribution is -2.47. The molecule has 4 bridgehead atoms. The van der Waals surface area contributed by atoms with Crippen molar-refractivity contribution in [3.05, 3.63) is 0 Å². The molecular weight excluding hydrogens is 140 g/mol. The maximum absolute atomic E-state index is 1.63. The Balaban J connectivity index is 1.90. The summed E-state index contributed by atoms with van der Waals surface area (Å²) in [4.78, 5) is 0. The lowest BCUT2D eigenvalue weighted by molar-refractivity contribution is 0.215. The Morgan fingerprint density at radius 1 is 0.700 bits per heavy atom. The van der Waals surface area contributed by atoms with E-state index in [2.05, 4.69) is 0 Å². The van der Waals surface area contributed by atoms with Crippen LogP contribution in [-0.4, -0.2) is 17.3 Å². The second-order valence-electron chi connectivity index (χ2n) is 4.42. The molecule has 0 N–H and O–H groups in total. The summed E-state index contributed by atoms with van der Waals surface area (Å²) < 4.78 is 0.